The molecule has 0 aromatic rings. The van der Waals surface area contributed by atoms with Crippen molar-refractivity contribution in [3.05, 3.63) is 0 Å². The molecule has 2 aliphatic heterocycles. The molecule has 3 heteroatoms. The van der Waals surface area contributed by atoms with Crippen molar-refractivity contribution in [3.63, 3.8) is 0 Å². The molecule has 0 saturated carbocycles. The predicted octanol–water partition coefficient (Wildman–Crippen LogP) is 0.713. The molecule has 0 N–H and O–H groups in total. The number of hydrogen-bond acceptors (Lipinski definition) is 3. The summed E-state index contributed by atoms with van der Waals surface area (Å²) in [6.07, 6.45) is 1.39. The van der Waals surface area contributed by atoms with Crippen LogP contribution < -0.4 is 0 Å². The Morgan fingerprint density at radius 3 is 3.18 bits per heavy atom. The van der Waals surface area contributed by atoms with Crippen LogP contribution in [0.4, 0.5) is 0 Å². The van der Waals surface area contributed by atoms with E-state index in [-0.39, 0.29) is 0 Å². The van der Waals surface area contributed by atoms with Crippen LogP contribution in [0.1, 0.15) is 13.3 Å². The Kier molecular flexibility index (Phi) is 1.60. The maximum atomic E-state index is 5.30. The number of likely N-dealkylation sites (tertiary alicyclic amines) is 1. The van der Waals surface area contributed by atoms with Crippen LogP contribution in [-0.4, -0.2) is 36.9 Å². The van der Waals surface area contributed by atoms with E-state index in [9.17, 15) is 0 Å². The average Bonchev–Trinajstić information content (AvgIpc) is 2.45. The Hall–Kier alpha value is -0.570. The molecule has 2 atom stereocenters. The molecule has 3 nitrogen and oxygen atoms in total. The quantitative estimate of drug-likeness (QED) is 0.555. The molecule has 0 spiro atoms. The van der Waals surface area contributed by atoms with Gasteiger partial charge in [-0.2, -0.15) is 0 Å². The number of hydrogen-bond donors (Lipinski definition) is 0. The first kappa shape index (κ1) is 7.10. The van der Waals surface area contributed by atoms with Gasteiger partial charge in [-0.05, 0) is 13.5 Å². The Bertz CT molecular complexity index is 191. The zero-order chi connectivity index (χ0) is 7.84. The van der Waals surface area contributed by atoms with Crippen molar-refractivity contribution >= 4 is 5.71 Å². The van der Waals surface area contributed by atoms with Gasteiger partial charge in [-0.1, -0.05) is 12.1 Å². The van der Waals surface area contributed by atoms with Crippen molar-refractivity contribution < 1.29 is 4.84 Å². The van der Waals surface area contributed by atoms with Gasteiger partial charge in [-0.3, -0.25) is 0 Å². The van der Waals surface area contributed by atoms with Gasteiger partial charge in [-0.15, -0.1) is 0 Å². The van der Waals surface area contributed by atoms with Crippen LogP contribution in [0.15, 0.2) is 5.16 Å². The van der Waals surface area contributed by atoms with E-state index in [1.807, 2.05) is 0 Å². The summed E-state index contributed by atoms with van der Waals surface area (Å²) in [4.78, 5) is 7.60. The summed E-state index contributed by atoms with van der Waals surface area (Å²) in [6, 6.07) is 0. The number of nitrogens with zero attached hydrogens (tertiary/aromatic N) is 2. The SMILES string of the molecule is CCC1=NO[C@H]2CN(C)C[C@@H]12. The van der Waals surface area contributed by atoms with Crippen molar-refractivity contribution in [2.45, 2.75) is 19.4 Å². The molecule has 0 unspecified atom stereocenters. The van der Waals surface area contributed by atoms with E-state index in [4.69, 9.17) is 4.84 Å². The summed E-state index contributed by atoms with van der Waals surface area (Å²) in [5.41, 5.74) is 1.25. The number of likely N-dealkylation sites (N-methyl/N-ethyl adjacent to an activating group) is 1. The molecule has 2 aliphatic rings. The van der Waals surface area contributed by atoms with E-state index in [1.54, 1.807) is 0 Å². The molecule has 0 radical (unpaired) electrons. The van der Waals surface area contributed by atoms with E-state index in [0.717, 1.165) is 19.5 Å². The monoisotopic (exact) mass is 154 g/mol. The largest absolute Gasteiger partial charge is 0.390 e. The fraction of sp³-hybridized carbons (Fsp3) is 0.875. The molecule has 2 rings (SSSR count). The molecular weight excluding hydrogens is 140 g/mol. The molecule has 1 saturated heterocycles. The second kappa shape index (κ2) is 2.48. The van der Waals surface area contributed by atoms with Crippen molar-refractivity contribution in [1.82, 2.24) is 4.90 Å². The zero-order valence-corrected chi connectivity index (χ0v) is 7.08. The third-order valence-corrected chi connectivity index (χ3v) is 2.54. The van der Waals surface area contributed by atoms with Crippen LogP contribution in [0, 0.1) is 5.92 Å². The van der Waals surface area contributed by atoms with Crippen molar-refractivity contribution in [3.8, 4) is 0 Å². The van der Waals surface area contributed by atoms with Gasteiger partial charge in [0, 0.05) is 13.1 Å². The van der Waals surface area contributed by atoms with Gasteiger partial charge in [0.2, 0.25) is 0 Å². The van der Waals surface area contributed by atoms with Gasteiger partial charge < -0.3 is 9.74 Å². The second-order valence-electron chi connectivity index (χ2n) is 3.41. The summed E-state index contributed by atoms with van der Waals surface area (Å²) in [6.45, 7) is 4.30. The topological polar surface area (TPSA) is 24.8 Å². The van der Waals surface area contributed by atoms with Gasteiger partial charge in [0.25, 0.3) is 0 Å². The van der Waals surface area contributed by atoms with E-state index in [0.29, 0.717) is 12.0 Å². The van der Waals surface area contributed by atoms with Crippen molar-refractivity contribution in [2.75, 3.05) is 20.1 Å². The lowest BCUT2D eigenvalue weighted by Gasteiger charge is -2.06. The molecule has 0 bridgehead atoms. The molecular formula is C8H14N2O. The second-order valence-corrected chi connectivity index (χ2v) is 3.41. The van der Waals surface area contributed by atoms with Crippen LogP contribution in [0.3, 0.4) is 0 Å². The van der Waals surface area contributed by atoms with Crippen LogP contribution in [0.25, 0.3) is 0 Å². The fourth-order valence-corrected chi connectivity index (χ4v) is 1.92. The summed E-state index contributed by atoms with van der Waals surface area (Å²) in [5, 5.41) is 4.06. The fourth-order valence-electron chi connectivity index (χ4n) is 1.92. The Morgan fingerprint density at radius 2 is 2.45 bits per heavy atom. The van der Waals surface area contributed by atoms with E-state index >= 15 is 0 Å². The van der Waals surface area contributed by atoms with Gasteiger partial charge in [0.1, 0.15) is 6.10 Å². The van der Waals surface area contributed by atoms with Crippen LogP contribution in [0.2, 0.25) is 0 Å². The van der Waals surface area contributed by atoms with E-state index < -0.39 is 0 Å². The lowest BCUT2D eigenvalue weighted by molar-refractivity contribution is 0.0773. The van der Waals surface area contributed by atoms with Gasteiger partial charge >= 0.3 is 0 Å². The lowest BCUT2D eigenvalue weighted by atomic mass is 9.99. The van der Waals surface area contributed by atoms with Crippen LogP contribution >= 0.6 is 0 Å². The minimum absolute atomic E-state index is 0.356. The molecule has 0 aromatic carbocycles. The normalized spacial score (nSPS) is 36.7. The highest BCUT2D eigenvalue weighted by atomic mass is 16.6. The van der Waals surface area contributed by atoms with Gasteiger partial charge in [-0.25, -0.2) is 0 Å². The summed E-state index contributed by atoms with van der Waals surface area (Å²) >= 11 is 0. The first-order chi connectivity index (χ1) is 5.31. The number of fused-ring (bicyclic) bond motifs is 1. The summed E-state index contributed by atoms with van der Waals surface area (Å²) < 4.78 is 0. The highest BCUT2D eigenvalue weighted by Crippen LogP contribution is 2.26. The average molecular weight is 154 g/mol. The molecule has 62 valence electrons. The smallest absolute Gasteiger partial charge is 0.149 e. The van der Waals surface area contributed by atoms with Gasteiger partial charge in [0.05, 0.1) is 11.6 Å². The Labute approximate surface area is 67.0 Å². The molecule has 2 heterocycles. The molecule has 11 heavy (non-hydrogen) atoms. The Morgan fingerprint density at radius 1 is 1.64 bits per heavy atom. The standard InChI is InChI=1S/C8H14N2O/c1-3-7-6-4-10(2)5-8(6)11-9-7/h6,8H,3-5H2,1-2H3/t6-,8-/m0/s1. The molecule has 0 amide bonds. The first-order valence-corrected chi connectivity index (χ1v) is 4.22. The molecule has 0 aliphatic carbocycles. The summed E-state index contributed by atoms with van der Waals surface area (Å²) in [5.74, 6) is 0.588. The number of rotatable bonds is 1. The third-order valence-electron chi connectivity index (χ3n) is 2.54. The maximum Gasteiger partial charge on any atom is 0.149 e. The zero-order valence-electron chi connectivity index (χ0n) is 7.08. The lowest BCUT2D eigenvalue weighted by Crippen LogP contribution is -2.20. The third kappa shape index (κ3) is 1.03. The van der Waals surface area contributed by atoms with Crippen LogP contribution in [-0.2, 0) is 4.84 Å². The van der Waals surface area contributed by atoms with E-state index in [1.165, 1.54) is 5.71 Å². The van der Waals surface area contributed by atoms with Crippen molar-refractivity contribution in [2.24, 2.45) is 11.1 Å². The van der Waals surface area contributed by atoms with Crippen molar-refractivity contribution in [1.29, 1.82) is 0 Å². The first-order valence-electron chi connectivity index (χ1n) is 4.22. The highest BCUT2D eigenvalue weighted by molar-refractivity contribution is 5.88. The van der Waals surface area contributed by atoms with Crippen LogP contribution in [0.5, 0.6) is 0 Å². The maximum absolute atomic E-state index is 5.30. The van der Waals surface area contributed by atoms with E-state index in [2.05, 4.69) is 24.0 Å². The highest BCUT2D eigenvalue weighted by Gasteiger charge is 2.39. The minimum atomic E-state index is 0.356. The number of oxime groups is 1. The predicted molar refractivity (Wildman–Crippen MR) is 43.6 cm³/mol. The molecule has 0 aromatic heterocycles. The minimum Gasteiger partial charge on any atom is -0.390 e. The summed E-state index contributed by atoms with van der Waals surface area (Å²) in [7, 11) is 2.13. The Balaban J connectivity index is 2.08. The van der Waals surface area contributed by atoms with Gasteiger partial charge in [0.15, 0.2) is 0 Å². The molecule has 1 fully saturated rings.